The van der Waals surface area contributed by atoms with Crippen LogP contribution in [-0.4, -0.2) is 11.0 Å². The van der Waals surface area contributed by atoms with Gasteiger partial charge in [-0.25, -0.2) is 0 Å². The molecule has 3 heteroatoms. The quantitative estimate of drug-likeness (QED) is 0.463. The Labute approximate surface area is 78.7 Å². The molecule has 0 aromatic rings. The molecule has 0 radical (unpaired) electrons. The SMILES string of the molecule is CC1(C)C2CCC1(C)C([N+](=O)[O-])C2. The third-order valence-corrected chi connectivity index (χ3v) is 5.00. The van der Waals surface area contributed by atoms with E-state index in [2.05, 4.69) is 20.8 Å². The third-order valence-electron chi connectivity index (χ3n) is 5.00. The van der Waals surface area contributed by atoms with Crippen LogP contribution in [0.2, 0.25) is 0 Å². The molecule has 2 aliphatic rings. The average Bonchev–Trinajstić information content (AvgIpc) is 2.34. The number of hydrogen-bond acceptors (Lipinski definition) is 2. The van der Waals surface area contributed by atoms with E-state index < -0.39 is 0 Å². The van der Waals surface area contributed by atoms with E-state index in [1.807, 2.05) is 0 Å². The molecule has 0 N–H and O–H groups in total. The van der Waals surface area contributed by atoms with Crippen molar-refractivity contribution in [2.45, 2.75) is 46.1 Å². The van der Waals surface area contributed by atoms with Crippen molar-refractivity contribution in [2.24, 2.45) is 16.7 Å². The van der Waals surface area contributed by atoms with Crippen LogP contribution in [0.4, 0.5) is 0 Å². The van der Waals surface area contributed by atoms with E-state index in [0.717, 1.165) is 12.8 Å². The maximum Gasteiger partial charge on any atom is 0.219 e. The van der Waals surface area contributed by atoms with Crippen LogP contribution in [0.5, 0.6) is 0 Å². The van der Waals surface area contributed by atoms with Crippen LogP contribution < -0.4 is 0 Å². The highest BCUT2D eigenvalue weighted by Gasteiger charge is 2.66. The van der Waals surface area contributed by atoms with Crippen molar-refractivity contribution >= 4 is 0 Å². The second-order valence-corrected chi connectivity index (χ2v) is 5.41. The predicted octanol–water partition coefficient (Wildman–Crippen LogP) is 2.48. The molecule has 74 valence electrons. The third kappa shape index (κ3) is 0.851. The second kappa shape index (κ2) is 2.25. The molecule has 0 spiro atoms. The Hall–Kier alpha value is -0.600. The van der Waals surface area contributed by atoms with E-state index in [-0.39, 0.29) is 21.8 Å². The zero-order valence-corrected chi connectivity index (χ0v) is 8.54. The summed E-state index contributed by atoms with van der Waals surface area (Å²) in [7, 11) is 0. The molecule has 2 bridgehead atoms. The summed E-state index contributed by atoms with van der Waals surface area (Å²) in [6.07, 6.45) is 3.03. The van der Waals surface area contributed by atoms with Gasteiger partial charge in [-0.1, -0.05) is 20.8 Å². The fourth-order valence-electron chi connectivity index (χ4n) is 3.48. The molecule has 0 aromatic heterocycles. The molecule has 13 heavy (non-hydrogen) atoms. The first-order chi connectivity index (χ1) is 5.89. The van der Waals surface area contributed by atoms with Gasteiger partial charge in [-0.15, -0.1) is 0 Å². The first kappa shape index (κ1) is 8.97. The molecule has 0 aromatic carbocycles. The Morgan fingerprint density at radius 3 is 2.23 bits per heavy atom. The summed E-state index contributed by atoms with van der Waals surface area (Å²) in [6, 6.07) is -0.291. The van der Waals surface area contributed by atoms with Crippen molar-refractivity contribution < 1.29 is 4.92 Å². The maximum absolute atomic E-state index is 10.9. The number of nitrogens with zero attached hydrogens (tertiary/aromatic N) is 1. The van der Waals surface area contributed by atoms with Gasteiger partial charge in [0.1, 0.15) is 0 Å². The van der Waals surface area contributed by atoms with Gasteiger partial charge in [-0.05, 0) is 24.2 Å². The fraction of sp³-hybridized carbons (Fsp3) is 1.00. The Kier molecular flexibility index (Phi) is 1.55. The largest absolute Gasteiger partial charge is 0.264 e. The summed E-state index contributed by atoms with van der Waals surface area (Å²) in [5.74, 6) is 0.577. The topological polar surface area (TPSA) is 43.1 Å². The van der Waals surface area contributed by atoms with Gasteiger partial charge in [0.25, 0.3) is 0 Å². The summed E-state index contributed by atoms with van der Waals surface area (Å²) in [5.41, 5.74) is 0.117. The second-order valence-electron chi connectivity index (χ2n) is 5.41. The molecule has 0 saturated heterocycles. The minimum absolute atomic E-state index is 0.0544. The fourth-order valence-corrected chi connectivity index (χ4v) is 3.48. The highest BCUT2D eigenvalue weighted by Crippen LogP contribution is 2.65. The van der Waals surface area contributed by atoms with Crippen molar-refractivity contribution in [2.75, 3.05) is 0 Å². The molecule has 3 nitrogen and oxygen atoms in total. The van der Waals surface area contributed by atoms with Crippen LogP contribution in [0.25, 0.3) is 0 Å². The molecule has 3 unspecified atom stereocenters. The van der Waals surface area contributed by atoms with Gasteiger partial charge in [0.2, 0.25) is 6.04 Å². The number of fused-ring (bicyclic) bond motifs is 2. The summed E-state index contributed by atoms with van der Waals surface area (Å²) in [5, 5.41) is 10.9. The molecule has 0 amide bonds. The van der Waals surface area contributed by atoms with Crippen LogP contribution in [0.1, 0.15) is 40.0 Å². The first-order valence-corrected chi connectivity index (χ1v) is 5.03. The Morgan fingerprint density at radius 2 is 2.00 bits per heavy atom. The molecule has 2 rings (SSSR count). The Morgan fingerprint density at radius 1 is 1.38 bits per heavy atom. The van der Waals surface area contributed by atoms with E-state index in [1.165, 1.54) is 6.42 Å². The molecular weight excluding hydrogens is 166 g/mol. The molecule has 2 fully saturated rings. The molecule has 3 atom stereocenters. The maximum atomic E-state index is 10.9. The molecule has 0 heterocycles. The lowest BCUT2D eigenvalue weighted by atomic mass is 9.69. The lowest BCUT2D eigenvalue weighted by molar-refractivity contribution is -0.541. The van der Waals surface area contributed by atoms with Gasteiger partial charge in [-0.3, -0.25) is 10.1 Å². The number of nitro groups is 1. The van der Waals surface area contributed by atoms with Gasteiger partial charge in [0.05, 0.1) is 0 Å². The minimum atomic E-state index is -0.291. The van der Waals surface area contributed by atoms with E-state index in [1.54, 1.807) is 0 Å². The van der Waals surface area contributed by atoms with Crippen molar-refractivity contribution in [1.82, 2.24) is 0 Å². The predicted molar refractivity (Wildman–Crippen MR) is 50.0 cm³/mol. The standard InChI is InChI=1S/C10H17NO2/c1-9(2)7-4-5-10(9,3)8(6-7)11(12)13/h7-8H,4-6H2,1-3H3. The van der Waals surface area contributed by atoms with Crippen molar-refractivity contribution in [3.63, 3.8) is 0 Å². The van der Waals surface area contributed by atoms with Crippen molar-refractivity contribution in [3.05, 3.63) is 10.1 Å². The van der Waals surface area contributed by atoms with Crippen LogP contribution in [0, 0.1) is 26.9 Å². The van der Waals surface area contributed by atoms with E-state index in [4.69, 9.17) is 0 Å². The van der Waals surface area contributed by atoms with Crippen LogP contribution in [0.15, 0.2) is 0 Å². The first-order valence-electron chi connectivity index (χ1n) is 5.03. The average molecular weight is 183 g/mol. The summed E-state index contributed by atoms with van der Waals surface area (Å²) in [4.78, 5) is 10.8. The number of hydrogen-bond donors (Lipinski definition) is 0. The van der Waals surface area contributed by atoms with Crippen LogP contribution >= 0.6 is 0 Å². The Bertz CT molecular complexity index is 262. The van der Waals surface area contributed by atoms with Crippen molar-refractivity contribution in [1.29, 1.82) is 0 Å². The summed E-state index contributed by atoms with van der Waals surface area (Å²) < 4.78 is 0. The zero-order chi connectivity index (χ0) is 9.85. The van der Waals surface area contributed by atoms with E-state index >= 15 is 0 Å². The molecule has 2 aliphatic carbocycles. The lowest BCUT2D eigenvalue weighted by Gasteiger charge is -2.34. The highest BCUT2D eigenvalue weighted by atomic mass is 16.6. The van der Waals surface area contributed by atoms with Crippen LogP contribution in [-0.2, 0) is 0 Å². The summed E-state index contributed by atoms with van der Waals surface area (Å²) >= 11 is 0. The normalized spacial score (nSPS) is 46.7. The smallest absolute Gasteiger partial charge is 0.219 e. The van der Waals surface area contributed by atoms with Gasteiger partial charge < -0.3 is 0 Å². The highest BCUT2D eigenvalue weighted by molar-refractivity contribution is 5.10. The monoisotopic (exact) mass is 183 g/mol. The molecule has 2 saturated carbocycles. The van der Waals surface area contributed by atoms with Gasteiger partial charge in [0.15, 0.2) is 0 Å². The number of rotatable bonds is 1. The summed E-state index contributed by atoms with van der Waals surface area (Å²) in [6.45, 7) is 6.51. The van der Waals surface area contributed by atoms with Crippen LogP contribution in [0.3, 0.4) is 0 Å². The molecular formula is C10H17NO2. The van der Waals surface area contributed by atoms with Gasteiger partial charge in [0, 0.05) is 16.8 Å². The zero-order valence-electron chi connectivity index (χ0n) is 8.54. The Balaban J connectivity index is 2.38. The molecule has 0 aliphatic heterocycles. The lowest BCUT2D eigenvalue weighted by Crippen LogP contribution is -2.39. The van der Waals surface area contributed by atoms with Crippen molar-refractivity contribution in [3.8, 4) is 0 Å². The van der Waals surface area contributed by atoms with E-state index in [0.29, 0.717) is 5.92 Å². The minimum Gasteiger partial charge on any atom is -0.264 e. The van der Waals surface area contributed by atoms with Gasteiger partial charge in [-0.2, -0.15) is 0 Å². The van der Waals surface area contributed by atoms with E-state index in [9.17, 15) is 10.1 Å². The van der Waals surface area contributed by atoms with Gasteiger partial charge >= 0.3 is 0 Å².